The molecule has 0 aliphatic heterocycles. The van der Waals surface area contributed by atoms with Crippen LogP contribution in [0.3, 0.4) is 0 Å². The summed E-state index contributed by atoms with van der Waals surface area (Å²) in [5.41, 5.74) is 4.83. The highest BCUT2D eigenvalue weighted by Gasteiger charge is 2.24. The molecule has 0 aromatic rings. The maximum absolute atomic E-state index is 11.3. The lowest BCUT2D eigenvalue weighted by Gasteiger charge is -2.21. The zero-order valence-electron chi connectivity index (χ0n) is 8.99. The van der Waals surface area contributed by atoms with Gasteiger partial charge in [0.15, 0.2) is 0 Å². The second-order valence-electron chi connectivity index (χ2n) is 3.92. The minimum absolute atomic E-state index is 0.161. The van der Waals surface area contributed by atoms with E-state index >= 15 is 0 Å². The molecule has 0 heterocycles. The van der Waals surface area contributed by atoms with E-state index in [0.717, 1.165) is 0 Å². The van der Waals surface area contributed by atoms with Crippen LogP contribution in [0.1, 0.15) is 27.2 Å². The number of hydrogen-bond acceptors (Lipinski definition) is 5. The molecule has 1 atom stereocenters. The fourth-order valence-corrected chi connectivity index (χ4v) is 0.724. The van der Waals surface area contributed by atoms with Crippen molar-refractivity contribution in [2.45, 2.75) is 38.8 Å². The molecular weight excluding hydrogens is 186 g/mol. The van der Waals surface area contributed by atoms with E-state index in [1.807, 2.05) is 0 Å². The highest BCUT2D eigenvalue weighted by molar-refractivity contribution is 5.82. The van der Waals surface area contributed by atoms with Crippen molar-refractivity contribution in [2.75, 3.05) is 7.11 Å². The molecular formula is C9H17NO4. The number of hydrogen-bond donors (Lipinski definition) is 1. The van der Waals surface area contributed by atoms with Gasteiger partial charge in [-0.15, -0.1) is 0 Å². The topological polar surface area (TPSA) is 78.6 Å². The molecule has 0 aromatic heterocycles. The van der Waals surface area contributed by atoms with Gasteiger partial charge in [-0.05, 0) is 20.8 Å². The Kier molecular flexibility index (Phi) is 4.56. The smallest absolute Gasteiger partial charge is 0.324 e. The van der Waals surface area contributed by atoms with Gasteiger partial charge in [-0.3, -0.25) is 9.59 Å². The Labute approximate surface area is 83.5 Å². The van der Waals surface area contributed by atoms with Gasteiger partial charge in [0, 0.05) is 0 Å². The molecule has 0 radical (unpaired) electrons. The molecule has 0 amide bonds. The van der Waals surface area contributed by atoms with Crippen LogP contribution in [-0.2, 0) is 19.1 Å². The van der Waals surface area contributed by atoms with Crippen LogP contribution >= 0.6 is 0 Å². The van der Waals surface area contributed by atoms with Gasteiger partial charge in [0.05, 0.1) is 13.5 Å². The zero-order valence-corrected chi connectivity index (χ0v) is 8.99. The van der Waals surface area contributed by atoms with Crippen molar-refractivity contribution < 1.29 is 19.1 Å². The summed E-state index contributed by atoms with van der Waals surface area (Å²) in [7, 11) is 1.24. The summed E-state index contributed by atoms with van der Waals surface area (Å²) in [6, 6.07) is -0.957. The summed E-state index contributed by atoms with van der Waals surface area (Å²) >= 11 is 0. The van der Waals surface area contributed by atoms with E-state index in [1.54, 1.807) is 20.8 Å². The summed E-state index contributed by atoms with van der Waals surface area (Å²) in [6.45, 7) is 5.20. The predicted octanol–water partition coefficient (Wildman–Crippen LogP) is 0.218. The lowest BCUT2D eigenvalue weighted by Crippen LogP contribution is -2.39. The molecule has 0 rings (SSSR count). The number of methoxy groups -OCH3 is 1. The Morgan fingerprint density at radius 3 is 2.21 bits per heavy atom. The van der Waals surface area contributed by atoms with Crippen LogP contribution in [-0.4, -0.2) is 30.7 Å². The Bertz CT molecular complexity index is 219. The predicted molar refractivity (Wildman–Crippen MR) is 50.5 cm³/mol. The van der Waals surface area contributed by atoms with Crippen LogP contribution in [0.2, 0.25) is 0 Å². The third-order valence-electron chi connectivity index (χ3n) is 1.32. The average Bonchev–Trinajstić information content (AvgIpc) is 2.00. The van der Waals surface area contributed by atoms with Crippen molar-refractivity contribution in [3.8, 4) is 0 Å². The Balaban J connectivity index is 4.07. The second kappa shape index (κ2) is 4.95. The molecule has 82 valence electrons. The minimum Gasteiger partial charge on any atom is -0.469 e. The summed E-state index contributed by atoms with van der Waals surface area (Å²) in [5.74, 6) is -1.12. The molecule has 5 heteroatoms. The summed E-state index contributed by atoms with van der Waals surface area (Å²) in [5, 5.41) is 0. The van der Waals surface area contributed by atoms with Gasteiger partial charge in [0.1, 0.15) is 11.6 Å². The Hall–Kier alpha value is -1.10. The molecule has 0 unspecified atom stereocenters. The maximum atomic E-state index is 11.3. The maximum Gasteiger partial charge on any atom is 0.324 e. The molecule has 0 saturated carbocycles. The highest BCUT2D eigenvalue weighted by Crippen LogP contribution is 2.08. The number of carbonyl (C=O) groups excluding carboxylic acids is 2. The minimum atomic E-state index is -0.957. The fraction of sp³-hybridized carbons (Fsp3) is 0.778. The van der Waals surface area contributed by atoms with Crippen molar-refractivity contribution >= 4 is 11.9 Å². The molecule has 0 aliphatic carbocycles. The van der Waals surface area contributed by atoms with E-state index in [1.165, 1.54) is 7.11 Å². The van der Waals surface area contributed by atoms with Crippen LogP contribution in [0.25, 0.3) is 0 Å². The van der Waals surface area contributed by atoms with E-state index < -0.39 is 23.6 Å². The van der Waals surface area contributed by atoms with E-state index in [0.29, 0.717) is 0 Å². The van der Waals surface area contributed by atoms with E-state index in [9.17, 15) is 9.59 Å². The first-order valence-electron chi connectivity index (χ1n) is 4.31. The molecule has 5 nitrogen and oxygen atoms in total. The summed E-state index contributed by atoms with van der Waals surface area (Å²) < 4.78 is 9.35. The standard InChI is InChI=1S/C9H17NO4/c1-9(2,3)14-8(12)6(10)5-7(11)13-4/h6H,5,10H2,1-4H3/t6-/m0/s1. The Morgan fingerprint density at radius 2 is 1.86 bits per heavy atom. The fourth-order valence-electron chi connectivity index (χ4n) is 0.724. The number of ether oxygens (including phenoxy) is 2. The number of nitrogens with two attached hydrogens (primary N) is 1. The van der Waals surface area contributed by atoms with Crippen LogP contribution in [0.15, 0.2) is 0 Å². The summed E-state index contributed by atoms with van der Waals surface area (Å²) in [4.78, 5) is 22.0. The molecule has 0 saturated heterocycles. The van der Waals surface area contributed by atoms with E-state index in [4.69, 9.17) is 10.5 Å². The van der Waals surface area contributed by atoms with Gasteiger partial charge in [0.2, 0.25) is 0 Å². The lowest BCUT2D eigenvalue weighted by atomic mass is 10.1. The van der Waals surface area contributed by atoms with E-state index in [-0.39, 0.29) is 6.42 Å². The van der Waals surface area contributed by atoms with Crippen molar-refractivity contribution in [3.63, 3.8) is 0 Å². The molecule has 0 spiro atoms. The van der Waals surface area contributed by atoms with Gasteiger partial charge >= 0.3 is 11.9 Å². The van der Waals surface area contributed by atoms with Gasteiger partial charge in [-0.25, -0.2) is 0 Å². The largest absolute Gasteiger partial charge is 0.469 e. The molecule has 2 N–H and O–H groups in total. The number of esters is 2. The molecule has 0 fully saturated rings. The van der Waals surface area contributed by atoms with Crippen molar-refractivity contribution in [1.29, 1.82) is 0 Å². The SMILES string of the molecule is COC(=O)C[C@H](N)C(=O)OC(C)(C)C. The van der Waals surface area contributed by atoms with E-state index in [2.05, 4.69) is 4.74 Å². The first kappa shape index (κ1) is 12.9. The molecule has 0 bridgehead atoms. The first-order chi connectivity index (χ1) is 6.26. The van der Waals surface area contributed by atoms with Crippen LogP contribution in [0.4, 0.5) is 0 Å². The van der Waals surface area contributed by atoms with Crippen molar-refractivity contribution in [2.24, 2.45) is 5.73 Å². The quantitative estimate of drug-likeness (QED) is 0.664. The van der Waals surface area contributed by atoms with Gasteiger partial charge in [-0.1, -0.05) is 0 Å². The number of carbonyl (C=O) groups is 2. The zero-order chi connectivity index (χ0) is 11.4. The van der Waals surface area contributed by atoms with Gasteiger partial charge in [-0.2, -0.15) is 0 Å². The third kappa shape index (κ3) is 5.53. The highest BCUT2D eigenvalue weighted by atomic mass is 16.6. The number of rotatable bonds is 3. The normalized spacial score (nSPS) is 13.2. The molecule has 14 heavy (non-hydrogen) atoms. The van der Waals surface area contributed by atoms with Crippen molar-refractivity contribution in [3.05, 3.63) is 0 Å². The third-order valence-corrected chi connectivity index (χ3v) is 1.32. The second-order valence-corrected chi connectivity index (χ2v) is 3.92. The first-order valence-corrected chi connectivity index (χ1v) is 4.31. The Morgan fingerprint density at radius 1 is 1.36 bits per heavy atom. The lowest BCUT2D eigenvalue weighted by molar-refractivity contribution is -0.159. The van der Waals surface area contributed by atoms with Crippen LogP contribution < -0.4 is 5.73 Å². The van der Waals surface area contributed by atoms with Crippen LogP contribution in [0.5, 0.6) is 0 Å². The monoisotopic (exact) mass is 203 g/mol. The van der Waals surface area contributed by atoms with Crippen LogP contribution in [0, 0.1) is 0 Å². The van der Waals surface area contributed by atoms with Gasteiger partial charge in [0.25, 0.3) is 0 Å². The summed E-state index contributed by atoms with van der Waals surface area (Å²) in [6.07, 6.45) is -0.161. The molecule has 0 aromatic carbocycles. The average molecular weight is 203 g/mol. The molecule has 0 aliphatic rings. The van der Waals surface area contributed by atoms with Crippen molar-refractivity contribution in [1.82, 2.24) is 0 Å². The van der Waals surface area contributed by atoms with Gasteiger partial charge < -0.3 is 15.2 Å².